The Morgan fingerprint density at radius 1 is 1.19 bits per heavy atom. The van der Waals surface area contributed by atoms with E-state index in [1.165, 1.54) is 26.4 Å². The van der Waals surface area contributed by atoms with Crippen molar-refractivity contribution < 1.29 is 19.1 Å². The SMILES string of the molecule is CCOC(=O)C(=O)c1cc(C2CCCCC2)ccc1OC. The summed E-state index contributed by atoms with van der Waals surface area (Å²) in [4.78, 5) is 23.9. The summed E-state index contributed by atoms with van der Waals surface area (Å²) in [7, 11) is 1.50. The monoisotopic (exact) mass is 290 g/mol. The number of carbonyl (C=O) groups excluding carboxylic acids is 2. The Balaban J connectivity index is 2.29. The van der Waals surface area contributed by atoms with E-state index >= 15 is 0 Å². The molecule has 1 fully saturated rings. The minimum Gasteiger partial charge on any atom is -0.496 e. The predicted molar refractivity (Wildman–Crippen MR) is 79.8 cm³/mol. The summed E-state index contributed by atoms with van der Waals surface area (Å²) in [6.07, 6.45) is 6.00. The first kappa shape index (κ1) is 15.5. The number of benzene rings is 1. The van der Waals surface area contributed by atoms with Gasteiger partial charge in [0.05, 0.1) is 19.3 Å². The van der Waals surface area contributed by atoms with Gasteiger partial charge in [0.1, 0.15) is 5.75 Å². The van der Waals surface area contributed by atoms with Gasteiger partial charge in [-0.15, -0.1) is 0 Å². The number of hydrogen-bond donors (Lipinski definition) is 0. The molecule has 0 unspecified atom stereocenters. The van der Waals surface area contributed by atoms with E-state index in [9.17, 15) is 9.59 Å². The lowest BCUT2D eigenvalue weighted by atomic mass is 9.83. The van der Waals surface area contributed by atoms with Crippen LogP contribution in [0.2, 0.25) is 0 Å². The van der Waals surface area contributed by atoms with E-state index in [2.05, 4.69) is 0 Å². The highest BCUT2D eigenvalue weighted by Crippen LogP contribution is 2.34. The van der Waals surface area contributed by atoms with E-state index in [4.69, 9.17) is 9.47 Å². The van der Waals surface area contributed by atoms with E-state index in [0.717, 1.165) is 18.4 Å². The lowest BCUT2D eigenvalue weighted by molar-refractivity contribution is -0.137. The van der Waals surface area contributed by atoms with Gasteiger partial charge in [-0.05, 0) is 43.4 Å². The van der Waals surface area contributed by atoms with Gasteiger partial charge in [0, 0.05) is 0 Å². The van der Waals surface area contributed by atoms with Gasteiger partial charge in [-0.2, -0.15) is 0 Å². The normalized spacial score (nSPS) is 15.5. The van der Waals surface area contributed by atoms with Gasteiger partial charge in [0.25, 0.3) is 5.78 Å². The van der Waals surface area contributed by atoms with E-state index in [1.807, 2.05) is 6.07 Å². The fraction of sp³-hybridized carbons (Fsp3) is 0.529. The molecule has 0 saturated heterocycles. The summed E-state index contributed by atoms with van der Waals surface area (Å²) < 4.78 is 10.0. The summed E-state index contributed by atoms with van der Waals surface area (Å²) in [5.41, 5.74) is 1.42. The highest BCUT2D eigenvalue weighted by atomic mass is 16.5. The highest BCUT2D eigenvalue weighted by Gasteiger charge is 2.24. The van der Waals surface area contributed by atoms with Gasteiger partial charge < -0.3 is 9.47 Å². The number of esters is 1. The number of methoxy groups -OCH3 is 1. The Bertz CT molecular complexity index is 516. The maximum absolute atomic E-state index is 12.2. The first-order chi connectivity index (χ1) is 10.2. The fourth-order valence-corrected chi connectivity index (χ4v) is 2.90. The Kier molecular flexibility index (Phi) is 5.37. The van der Waals surface area contributed by atoms with Crippen molar-refractivity contribution in [1.82, 2.24) is 0 Å². The second kappa shape index (κ2) is 7.25. The molecule has 0 spiro atoms. The van der Waals surface area contributed by atoms with Crippen molar-refractivity contribution in [3.63, 3.8) is 0 Å². The Labute approximate surface area is 125 Å². The van der Waals surface area contributed by atoms with E-state index in [0.29, 0.717) is 17.2 Å². The average molecular weight is 290 g/mol. The molecule has 0 aliphatic heterocycles. The molecule has 1 aromatic carbocycles. The van der Waals surface area contributed by atoms with E-state index in [1.54, 1.807) is 19.1 Å². The van der Waals surface area contributed by atoms with Crippen LogP contribution in [0, 0.1) is 0 Å². The Hall–Kier alpha value is -1.84. The summed E-state index contributed by atoms with van der Waals surface area (Å²) in [5.74, 6) is -0.561. The van der Waals surface area contributed by atoms with Crippen LogP contribution in [0.3, 0.4) is 0 Å². The van der Waals surface area contributed by atoms with E-state index < -0.39 is 11.8 Å². The molecule has 0 aromatic heterocycles. The van der Waals surface area contributed by atoms with E-state index in [-0.39, 0.29) is 6.61 Å². The lowest BCUT2D eigenvalue weighted by Crippen LogP contribution is -2.19. The van der Waals surface area contributed by atoms with Gasteiger partial charge in [-0.25, -0.2) is 4.79 Å². The maximum Gasteiger partial charge on any atom is 0.379 e. The molecule has 1 aliphatic carbocycles. The summed E-state index contributed by atoms with van der Waals surface area (Å²) in [5, 5.41) is 0. The van der Waals surface area contributed by atoms with Crippen LogP contribution in [0.4, 0.5) is 0 Å². The van der Waals surface area contributed by atoms with Gasteiger partial charge in [0.2, 0.25) is 0 Å². The molecule has 2 rings (SSSR count). The molecule has 0 radical (unpaired) electrons. The summed E-state index contributed by atoms with van der Waals surface area (Å²) in [6.45, 7) is 1.87. The van der Waals surface area contributed by atoms with Crippen LogP contribution in [0.15, 0.2) is 18.2 Å². The highest BCUT2D eigenvalue weighted by molar-refractivity contribution is 6.41. The number of hydrogen-bond acceptors (Lipinski definition) is 4. The van der Waals surface area contributed by atoms with Crippen LogP contribution >= 0.6 is 0 Å². The maximum atomic E-state index is 12.2. The van der Waals surface area contributed by atoms with Crippen LogP contribution in [-0.2, 0) is 9.53 Å². The number of ether oxygens (including phenoxy) is 2. The molecule has 0 bridgehead atoms. The van der Waals surface area contributed by atoms with Crippen molar-refractivity contribution in [2.75, 3.05) is 13.7 Å². The molecule has 0 amide bonds. The quantitative estimate of drug-likeness (QED) is 0.473. The third-order valence-electron chi connectivity index (χ3n) is 4.01. The molecule has 114 valence electrons. The molecule has 0 heterocycles. The Morgan fingerprint density at radius 2 is 1.90 bits per heavy atom. The van der Waals surface area contributed by atoms with Gasteiger partial charge in [0.15, 0.2) is 0 Å². The lowest BCUT2D eigenvalue weighted by Gasteiger charge is -2.22. The first-order valence-electron chi connectivity index (χ1n) is 7.56. The second-order valence-electron chi connectivity index (χ2n) is 5.34. The summed E-state index contributed by atoms with van der Waals surface area (Å²) in [6, 6.07) is 5.57. The van der Waals surface area contributed by atoms with Crippen LogP contribution in [0.25, 0.3) is 0 Å². The molecular formula is C17H22O4. The van der Waals surface area contributed by atoms with Crippen LogP contribution in [0.5, 0.6) is 5.75 Å². The number of carbonyl (C=O) groups is 2. The molecule has 0 N–H and O–H groups in total. The molecular weight excluding hydrogens is 268 g/mol. The van der Waals surface area contributed by atoms with Crippen molar-refractivity contribution in [3.8, 4) is 5.75 Å². The zero-order chi connectivity index (χ0) is 15.2. The molecule has 1 saturated carbocycles. The molecule has 0 atom stereocenters. The van der Waals surface area contributed by atoms with Gasteiger partial charge >= 0.3 is 5.97 Å². The number of Topliss-reactive ketones (excluding diaryl/α,β-unsaturated/α-hetero) is 1. The Morgan fingerprint density at radius 3 is 2.52 bits per heavy atom. The largest absolute Gasteiger partial charge is 0.496 e. The predicted octanol–water partition coefficient (Wildman–Crippen LogP) is 3.49. The fourth-order valence-electron chi connectivity index (χ4n) is 2.90. The topological polar surface area (TPSA) is 52.6 Å². The third kappa shape index (κ3) is 3.63. The molecule has 4 nitrogen and oxygen atoms in total. The minimum absolute atomic E-state index is 0.190. The molecule has 1 aliphatic rings. The van der Waals surface area contributed by atoms with Crippen molar-refractivity contribution in [3.05, 3.63) is 29.3 Å². The second-order valence-corrected chi connectivity index (χ2v) is 5.34. The van der Waals surface area contributed by atoms with Crippen molar-refractivity contribution in [1.29, 1.82) is 0 Å². The average Bonchev–Trinajstić information content (AvgIpc) is 2.54. The zero-order valence-corrected chi connectivity index (χ0v) is 12.7. The van der Waals surface area contributed by atoms with Crippen molar-refractivity contribution in [2.45, 2.75) is 44.9 Å². The number of ketones is 1. The third-order valence-corrected chi connectivity index (χ3v) is 4.01. The minimum atomic E-state index is -0.823. The van der Waals surface area contributed by atoms with Crippen LogP contribution < -0.4 is 4.74 Å². The summed E-state index contributed by atoms with van der Waals surface area (Å²) >= 11 is 0. The smallest absolute Gasteiger partial charge is 0.379 e. The van der Waals surface area contributed by atoms with Crippen LogP contribution in [-0.4, -0.2) is 25.5 Å². The van der Waals surface area contributed by atoms with Crippen LogP contribution in [0.1, 0.15) is 60.9 Å². The van der Waals surface area contributed by atoms with Gasteiger partial charge in [-0.1, -0.05) is 25.3 Å². The molecule has 21 heavy (non-hydrogen) atoms. The standard InChI is InChI=1S/C17H22O4/c1-3-21-17(19)16(18)14-11-13(9-10-15(14)20-2)12-7-5-4-6-8-12/h9-12H,3-8H2,1-2H3. The van der Waals surface area contributed by atoms with Crippen molar-refractivity contribution in [2.24, 2.45) is 0 Å². The zero-order valence-electron chi connectivity index (χ0n) is 12.7. The first-order valence-corrected chi connectivity index (χ1v) is 7.56. The molecule has 4 heteroatoms. The van der Waals surface area contributed by atoms with Crippen molar-refractivity contribution >= 4 is 11.8 Å². The number of rotatable bonds is 5. The molecule has 1 aromatic rings. The van der Waals surface area contributed by atoms with Gasteiger partial charge in [-0.3, -0.25) is 4.79 Å².